The van der Waals surface area contributed by atoms with Gasteiger partial charge < -0.3 is 20.5 Å². The molecule has 2 amide bonds. The fraction of sp³-hybridized carbons (Fsp3) is 0.290. The number of carboxylic acids is 1. The van der Waals surface area contributed by atoms with Gasteiger partial charge in [-0.2, -0.15) is 0 Å². The molecule has 1 unspecified atom stereocenters. The molecule has 0 spiro atoms. The summed E-state index contributed by atoms with van der Waals surface area (Å²) in [5.41, 5.74) is 2.62. The Labute approximate surface area is 248 Å². The predicted molar refractivity (Wildman–Crippen MR) is 154 cm³/mol. The van der Waals surface area contributed by atoms with Crippen LogP contribution in [0.4, 0.5) is 0 Å². The van der Waals surface area contributed by atoms with E-state index in [-0.39, 0.29) is 44.8 Å². The molecule has 0 aliphatic rings. The molecule has 0 saturated heterocycles. The second-order valence-electron chi connectivity index (χ2n) is 9.63. The summed E-state index contributed by atoms with van der Waals surface area (Å²) >= 11 is 0. The normalized spacial score (nSPS) is 11.5. The van der Waals surface area contributed by atoms with Crippen molar-refractivity contribution < 1.29 is 49.3 Å². The molecule has 0 aliphatic carbocycles. The van der Waals surface area contributed by atoms with Gasteiger partial charge in [0.05, 0.1) is 6.42 Å². The van der Waals surface area contributed by atoms with Crippen LogP contribution < -0.4 is 15.4 Å². The van der Waals surface area contributed by atoms with Gasteiger partial charge in [-0.05, 0) is 29.7 Å². The largest absolute Gasteiger partial charge is 0.485 e. The van der Waals surface area contributed by atoms with Crippen LogP contribution in [0.2, 0.25) is 0 Å². The average molecular weight is 595 g/mol. The molecule has 1 atom stereocenters. The third kappa shape index (κ3) is 11.3. The van der Waals surface area contributed by atoms with Crippen LogP contribution in [0.1, 0.15) is 39.9 Å². The van der Waals surface area contributed by atoms with E-state index in [1.54, 1.807) is 72.8 Å². The number of ether oxygens (including phenoxy) is 1. The number of carboxylic acid groups (broad SMARTS) is 1. The number of benzene rings is 3. The molecule has 5 N–H and O–H groups in total. The molecule has 0 aromatic heterocycles. The second-order valence-corrected chi connectivity index (χ2v) is 9.63. The lowest BCUT2D eigenvalue weighted by Crippen LogP contribution is -2.48. The zero-order valence-electron chi connectivity index (χ0n) is 23.3. The van der Waals surface area contributed by atoms with Crippen molar-refractivity contribution in [1.29, 1.82) is 0 Å². The van der Waals surface area contributed by atoms with Crippen molar-refractivity contribution in [3.63, 3.8) is 0 Å². The maximum atomic E-state index is 13.1. The number of carbonyl (C=O) groups is 4. The minimum Gasteiger partial charge on any atom is -0.485 e. The van der Waals surface area contributed by atoms with E-state index in [0.29, 0.717) is 28.9 Å². The number of nitrogens with one attached hydrogen (secondary N) is 2. The highest BCUT2D eigenvalue weighted by molar-refractivity contribution is 6.08. The fourth-order valence-electron chi connectivity index (χ4n) is 4.14. The Morgan fingerprint density at radius 1 is 0.744 bits per heavy atom. The van der Waals surface area contributed by atoms with Crippen molar-refractivity contribution in [2.75, 3.05) is 19.8 Å². The van der Waals surface area contributed by atoms with E-state index in [2.05, 4.69) is 20.4 Å². The number of ketones is 1. The van der Waals surface area contributed by atoms with Crippen LogP contribution in [0.5, 0.6) is 5.75 Å². The Kier molecular flexibility index (Phi) is 13.3. The number of hydrogen-bond donors (Lipinski definition) is 5. The molecule has 228 valence electrons. The maximum absolute atomic E-state index is 13.1. The van der Waals surface area contributed by atoms with Crippen LogP contribution in [0.25, 0.3) is 0 Å². The van der Waals surface area contributed by atoms with E-state index in [1.807, 2.05) is 6.07 Å². The molecule has 12 heteroatoms. The number of carbonyl (C=O) groups excluding carboxylic acids is 3. The highest BCUT2D eigenvalue weighted by Gasteiger charge is 2.22. The molecule has 3 aromatic carbocycles. The Morgan fingerprint density at radius 3 is 1.95 bits per heavy atom. The number of rotatable bonds is 18. The van der Waals surface area contributed by atoms with E-state index < -0.39 is 29.9 Å². The van der Waals surface area contributed by atoms with Gasteiger partial charge in [0.2, 0.25) is 11.8 Å². The molecular formula is C31H34N2O10. The summed E-state index contributed by atoms with van der Waals surface area (Å²) in [4.78, 5) is 57.2. The van der Waals surface area contributed by atoms with Gasteiger partial charge in [0.15, 0.2) is 11.9 Å². The maximum Gasteiger partial charge on any atom is 0.303 e. The van der Waals surface area contributed by atoms with Crippen molar-refractivity contribution in [1.82, 2.24) is 10.6 Å². The fourth-order valence-corrected chi connectivity index (χ4v) is 4.14. The van der Waals surface area contributed by atoms with Crippen LogP contribution in [0, 0.1) is 0 Å². The zero-order valence-corrected chi connectivity index (χ0v) is 23.3. The van der Waals surface area contributed by atoms with E-state index in [4.69, 9.17) is 20.4 Å². The van der Waals surface area contributed by atoms with Crippen molar-refractivity contribution in [2.24, 2.45) is 0 Å². The summed E-state index contributed by atoms with van der Waals surface area (Å²) in [5, 5.41) is 31.5. The topological polar surface area (TPSA) is 181 Å². The molecule has 0 saturated carbocycles. The molecule has 0 aliphatic heterocycles. The predicted octanol–water partition coefficient (Wildman–Crippen LogP) is 2.90. The Bertz CT molecular complexity index is 1320. The molecule has 3 rings (SSSR count). The third-order valence-corrected chi connectivity index (χ3v) is 6.37. The minimum atomic E-state index is -1.12. The Balaban J connectivity index is 1.60. The van der Waals surface area contributed by atoms with Gasteiger partial charge in [0.25, 0.3) is 0 Å². The first-order chi connectivity index (χ1) is 20.8. The van der Waals surface area contributed by atoms with Crippen molar-refractivity contribution in [3.05, 3.63) is 101 Å². The lowest BCUT2D eigenvalue weighted by molar-refractivity contribution is -0.286. The Hall–Kier alpha value is -4.62. The van der Waals surface area contributed by atoms with Crippen LogP contribution in [-0.2, 0) is 37.0 Å². The number of amides is 2. The van der Waals surface area contributed by atoms with Gasteiger partial charge in [-0.1, -0.05) is 66.7 Å². The average Bonchev–Trinajstić information content (AvgIpc) is 3.01. The summed E-state index contributed by atoms with van der Waals surface area (Å²) in [6.07, 6.45) is -0.772. The summed E-state index contributed by atoms with van der Waals surface area (Å²) in [6, 6.07) is 21.5. The number of hydrogen-bond acceptors (Lipinski definition) is 9. The standard InChI is InChI=1S/C31H34N2O10/c34-28(14-15-29(35)36)33-27(18-22-6-10-24(11-7-22)30(37)23-4-2-1-3-5-23)31(38)32-17-16-21-8-12-25(13-9-21)43-26(19-41-39)20-42-40/h1-13,26-27,39-40H,14-20H2,(H,32,38)(H,33,34)(H,35,36). The summed E-state index contributed by atoms with van der Waals surface area (Å²) < 4.78 is 5.56. The van der Waals surface area contributed by atoms with Crippen LogP contribution in [-0.4, -0.2) is 71.1 Å². The molecule has 0 bridgehead atoms. The van der Waals surface area contributed by atoms with E-state index in [0.717, 1.165) is 5.56 Å². The molecule has 0 heterocycles. The minimum absolute atomic E-state index is 0.132. The highest BCUT2D eigenvalue weighted by atomic mass is 17.1. The van der Waals surface area contributed by atoms with Crippen molar-refractivity contribution >= 4 is 23.6 Å². The van der Waals surface area contributed by atoms with Gasteiger partial charge in [0, 0.05) is 30.5 Å². The van der Waals surface area contributed by atoms with Gasteiger partial charge in [-0.15, -0.1) is 0 Å². The summed E-state index contributed by atoms with van der Waals surface area (Å²) in [6.45, 7) is -0.166. The van der Waals surface area contributed by atoms with Gasteiger partial charge in [0.1, 0.15) is 25.0 Å². The monoisotopic (exact) mass is 594 g/mol. The first-order valence-corrected chi connectivity index (χ1v) is 13.5. The van der Waals surface area contributed by atoms with E-state index in [9.17, 15) is 19.2 Å². The molecule has 3 aromatic rings. The van der Waals surface area contributed by atoms with E-state index >= 15 is 0 Å². The van der Waals surface area contributed by atoms with Gasteiger partial charge >= 0.3 is 5.97 Å². The van der Waals surface area contributed by atoms with Crippen LogP contribution >= 0.6 is 0 Å². The van der Waals surface area contributed by atoms with Crippen molar-refractivity contribution in [2.45, 2.75) is 37.8 Å². The lowest BCUT2D eigenvalue weighted by Gasteiger charge is -2.19. The van der Waals surface area contributed by atoms with E-state index in [1.165, 1.54) is 0 Å². The quantitative estimate of drug-likeness (QED) is 0.0835. The molecule has 0 radical (unpaired) electrons. The van der Waals surface area contributed by atoms with Gasteiger partial charge in [-0.25, -0.2) is 9.78 Å². The molecular weight excluding hydrogens is 560 g/mol. The highest BCUT2D eigenvalue weighted by Crippen LogP contribution is 2.15. The second kappa shape index (κ2) is 17.4. The molecule has 12 nitrogen and oxygen atoms in total. The zero-order chi connectivity index (χ0) is 31.0. The SMILES string of the molecule is O=C(O)CCC(=O)NC(Cc1ccc(C(=O)c2ccccc2)cc1)C(=O)NCCc1ccc(OC(COO)COO)cc1. The van der Waals surface area contributed by atoms with Gasteiger partial charge in [-0.3, -0.25) is 29.7 Å². The van der Waals surface area contributed by atoms with Crippen LogP contribution in [0.15, 0.2) is 78.9 Å². The smallest absolute Gasteiger partial charge is 0.303 e. The first-order valence-electron chi connectivity index (χ1n) is 13.5. The lowest BCUT2D eigenvalue weighted by atomic mass is 9.99. The first kappa shape index (κ1) is 32.9. The molecule has 0 fully saturated rings. The third-order valence-electron chi connectivity index (χ3n) is 6.37. The molecule has 43 heavy (non-hydrogen) atoms. The number of aliphatic carboxylic acids is 1. The van der Waals surface area contributed by atoms with Crippen molar-refractivity contribution in [3.8, 4) is 5.75 Å². The summed E-state index contributed by atoms with van der Waals surface area (Å²) in [7, 11) is 0. The summed E-state index contributed by atoms with van der Waals surface area (Å²) in [5.74, 6) is -1.81. The van der Waals surface area contributed by atoms with Crippen LogP contribution in [0.3, 0.4) is 0 Å². The Morgan fingerprint density at radius 2 is 1.35 bits per heavy atom.